The Labute approximate surface area is 217 Å². The average Bonchev–Trinajstić information content (AvgIpc) is 3.37. The molecule has 2 N–H and O–H groups in total. The van der Waals surface area contributed by atoms with E-state index in [1.54, 1.807) is 19.2 Å². The molecule has 0 aliphatic heterocycles. The Morgan fingerprint density at radius 3 is 2.83 bits per heavy atom. The van der Waals surface area contributed by atoms with Gasteiger partial charge >= 0.3 is 0 Å². The number of fused-ring (bicyclic) bond motifs is 1. The maximum absolute atomic E-state index is 12.6. The summed E-state index contributed by atoms with van der Waals surface area (Å²) >= 11 is 1.48. The lowest BCUT2D eigenvalue weighted by Crippen LogP contribution is -2.30. The fraction of sp³-hybridized carbons (Fsp3) is 0.385. The van der Waals surface area contributed by atoms with Gasteiger partial charge in [0.15, 0.2) is 0 Å². The molecule has 0 radical (unpaired) electrons. The fourth-order valence-electron chi connectivity index (χ4n) is 4.26. The topological polar surface area (TPSA) is 117 Å². The molecule has 1 aliphatic carbocycles. The average molecular weight is 524 g/mol. The van der Waals surface area contributed by atoms with Crippen LogP contribution in [0, 0.1) is 11.3 Å². The minimum absolute atomic E-state index is 0.0214. The third-order valence-corrected chi connectivity index (χ3v) is 8.07. The maximum Gasteiger partial charge on any atom is 0.220 e. The van der Waals surface area contributed by atoms with E-state index in [4.69, 9.17) is 4.74 Å². The van der Waals surface area contributed by atoms with Crippen LogP contribution in [0.3, 0.4) is 0 Å². The number of nitrogens with one attached hydrogen (secondary N) is 2. The van der Waals surface area contributed by atoms with Gasteiger partial charge in [-0.25, -0.2) is 8.93 Å². The Morgan fingerprint density at radius 1 is 1.28 bits per heavy atom. The minimum atomic E-state index is -1.30. The Bertz CT molecular complexity index is 1320. The molecule has 10 heteroatoms. The van der Waals surface area contributed by atoms with Crippen molar-refractivity contribution in [3.8, 4) is 33.0 Å². The van der Waals surface area contributed by atoms with Crippen LogP contribution in [-0.4, -0.2) is 39.2 Å². The predicted molar refractivity (Wildman–Crippen MR) is 142 cm³/mol. The lowest BCUT2D eigenvalue weighted by molar-refractivity contribution is -0.120. The highest BCUT2D eigenvalue weighted by Crippen LogP contribution is 2.39. The second-order valence-corrected chi connectivity index (χ2v) is 11.1. The predicted octanol–water partition coefficient (Wildman–Crippen LogP) is 4.30. The van der Waals surface area contributed by atoms with Gasteiger partial charge in [0, 0.05) is 36.4 Å². The van der Waals surface area contributed by atoms with Gasteiger partial charge in [-0.2, -0.15) is 5.26 Å². The van der Waals surface area contributed by atoms with Gasteiger partial charge in [-0.3, -0.25) is 4.79 Å². The second kappa shape index (κ2) is 11.7. The van der Waals surface area contributed by atoms with E-state index >= 15 is 0 Å². The first-order valence-corrected chi connectivity index (χ1v) is 14.0. The Morgan fingerprint density at radius 2 is 2.08 bits per heavy atom. The summed E-state index contributed by atoms with van der Waals surface area (Å²) in [7, 11) is 0.278. The van der Waals surface area contributed by atoms with Crippen molar-refractivity contribution in [2.45, 2.75) is 51.7 Å². The van der Waals surface area contributed by atoms with Crippen LogP contribution in [0.25, 0.3) is 21.1 Å². The summed E-state index contributed by atoms with van der Waals surface area (Å²) in [5.74, 6) is 0.716. The van der Waals surface area contributed by atoms with Crippen molar-refractivity contribution in [2.24, 2.45) is 0 Å². The minimum Gasteiger partial charge on any atom is -0.490 e. The molecule has 0 spiro atoms. The molecule has 188 valence electrons. The summed E-state index contributed by atoms with van der Waals surface area (Å²) in [4.78, 5) is 11.5. The summed E-state index contributed by atoms with van der Waals surface area (Å²) in [5, 5.41) is 22.6. The highest BCUT2D eigenvalue weighted by molar-refractivity contribution is 7.83. The van der Waals surface area contributed by atoms with Crippen LogP contribution in [-0.2, 0) is 22.2 Å². The summed E-state index contributed by atoms with van der Waals surface area (Å²) in [6.45, 7) is 3.85. The van der Waals surface area contributed by atoms with Gasteiger partial charge in [-0.05, 0) is 62.4 Å². The molecular weight excluding hydrogens is 494 g/mol. The van der Waals surface area contributed by atoms with Gasteiger partial charge in [-0.15, -0.1) is 10.2 Å². The molecule has 2 unspecified atom stereocenters. The van der Waals surface area contributed by atoms with E-state index in [1.807, 2.05) is 32.0 Å². The number of carbonyl (C=O) groups excluding carboxylic acids is 1. The molecule has 36 heavy (non-hydrogen) atoms. The van der Waals surface area contributed by atoms with Crippen LogP contribution in [0.2, 0.25) is 0 Å². The van der Waals surface area contributed by atoms with Gasteiger partial charge in [0.2, 0.25) is 5.91 Å². The zero-order chi connectivity index (χ0) is 25.7. The van der Waals surface area contributed by atoms with E-state index < -0.39 is 11.0 Å². The number of rotatable bonds is 9. The molecule has 0 saturated heterocycles. The Kier molecular flexibility index (Phi) is 8.46. The Hall–Kier alpha value is -3.13. The highest BCUT2D eigenvalue weighted by Gasteiger charge is 2.25. The SMILES string of the molecule is CNC(=O)CCS(=O)NC1CCCc2c(-c3nnc(-c4ccc(OC(C)C)c(C#N)c4)s3)cccc21. The van der Waals surface area contributed by atoms with Crippen LogP contribution < -0.4 is 14.8 Å². The highest BCUT2D eigenvalue weighted by atomic mass is 32.2. The van der Waals surface area contributed by atoms with Crippen molar-refractivity contribution in [1.82, 2.24) is 20.2 Å². The van der Waals surface area contributed by atoms with E-state index in [2.05, 4.69) is 32.4 Å². The first kappa shape index (κ1) is 25.9. The molecule has 1 aromatic heterocycles. The lowest BCUT2D eigenvalue weighted by Gasteiger charge is -2.27. The molecule has 0 bridgehead atoms. The van der Waals surface area contributed by atoms with Crippen molar-refractivity contribution < 1.29 is 13.7 Å². The number of hydrogen-bond acceptors (Lipinski definition) is 7. The van der Waals surface area contributed by atoms with Crippen molar-refractivity contribution in [3.05, 3.63) is 53.1 Å². The van der Waals surface area contributed by atoms with Gasteiger partial charge in [-0.1, -0.05) is 29.5 Å². The van der Waals surface area contributed by atoms with Crippen molar-refractivity contribution in [1.29, 1.82) is 5.26 Å². The molecular formula is C26H29N5O3S2. The molecule has 1 heterocycles. The molecule has 2 atom stereocenters. The third kappa shape index (κ3) is 5.98. The summed E-state index contributed by atoms with van der Waals surface area (Å²) in [6, 6.07) is 13.8. The number of nitrogens with zero attached hydrogens (tertiary/aromatic N) is 3. The zero-order valence-corrected chi connectivity index (χ0v) is 22.2. The zero-order valence-electron chi connectivity index (χ0n) is 20.5. The van der Waals surface area contributed by atoms with Crippen LogP contribution in [0.15, 0.2) is 36.4 Å². The van der Waals surface area contributed by atoms with E-state index in [0.29, 0.717) is 11.3 Å². The van der Waals surface area contributed by atoms with Crippen LogP contribution in [0.4, 0.5) is 0 Å². The van der Waals surface area contributed by atoms with Gasteiger partial charge in [0.05, 0.1) is 22.7 Å². The third-order valence-electron chi connectivity index (χ3n) is 5.94. The van der Waals surface area contributed by atoms with Gasteiger partial charge in [0.1, 0.15) is 21.8 Å². The van der Waals surface area contributed by atoms with E-state index in [9.17, 15) is 14.3 Å². The largest absolute Gasteiger partial charge is 0.490 e. The normalized spacial score (nSPS) is 15.7. The lowest BCUT2D eigenvalue weighted by atomic mass is 9.85. The first-order chi connectivity index (χ1) is 17.4. The molecule has 1 amide bonds. The fourth-order valence-corrected chi connectivity index (χ4v) is 6.20. The maximum atomic E-state index is 12.6. The first-order valence-electron chi connectivity index (χ1n) is 11.9. The second-order valence-electron chi connectivity index (χ2n) is 8.81. The smallest absolute Gasteiger partial charge is 0.220 e. The molecule has 2 aromatic carbocycles. The van der Waals surface area contributed by atoms with Crippen LogP contribution in [0.5, 0.6) is 5.75 Å². The van der Waals surface area contributed by atoms with Crippen molar-refractivity contribution in [3.63, 3.8) is 0 Å². The summed E-state index contributed by atoms with van der Waals surface area (Å²) in [6.07, 6.45) is 2.95. The number of amides is 1. The van der Waals surface area contributed by atoms with Crippen LogP contribution >= 0.6 is 11.3 Å². The molecule has 0 fully saturated rings. The number of carbonyl (C=O) groups is 1. The van der Waals surface area contributed by atoms with E-state index in [-0.39, 0.29) is 30.2 Å². The van der Waals surface area contributed by atoms with E-state index in [1.165, 1.54) is 16.9 Å². The molecule has 1 aliphatic rings. The number of aromatic nitrogens is 2. The summed E-state index contributed by atoms with van der Waals surface area (Å²) < 4.78 is 21.5. The number of hydrogen-bond donors (Lipinski definition) is 2. The molecule has 3 aromatic rings. The van der Waals surface area contributed by atoms with Crippen molar-refractivity contribution in [2.75, 3.05) is 12.8 Å². The summed E-state index contributed by atoms with van der Waals surface area (Å²) in [5.41, 5.74) is 4.62. The van der Waals surface area contributed by atoms with Crippen molar-refractivity contribution >= 4 is 28.2 Å². The number of nitriles is 1. The molecule has 0 saturated carbocycles. The van der Waals surface area contributed by atoms with Gasteiger partial charge in [0.25, 0.3) is 0 Å². The Balaban J connectivity index is 1.57. The number of benzene rings is 2. The monoisotopic (exact) mass is 523 g/mol. The van der Waals surface area contributed by atoms with Crippen LogP contribution in [0.1, 0.15) is 55.8 Å². The molecule has 8 nitrogen and oxygen atoms in total. The standard InChI is InChI=1S/C26H29N5O3S2/c1-16(2)34-23-11-10-17(14-18(23)15-27)25-29-30-26(35-25)21-8-4-7-20-19(21)6-5-9-22(20)31-36(33)13-12-24(32)28-3/h4,7-8,10-11,14,16,22,31H,5-6,9,12-13H2,1-3H3,(H,28,32). The van der Waals surface area contributed by atoms with Gasteiger partial charge < -0.3 is 10.1 Å². The van der Waals surface area contributed by atoms with E-state index in [0.717, 1.165) is 46.0 Å². The quantitative estimate of drug-likeness (QED) is 0.432. The molecule has 4 rings (SSSR count). The number of ether oxygens (including phenoxy) is 1.